The van der Waals surface area contributed by atoms with E-state index in [1.54, 1.807) is 14.0 Å². The molecule has 0 saturated carbocycles. The Bertz CT molecular complexity index is 887. The number of nitro benzene ring substituents is 1. The number of rotatable bonds is 3. The summed E-state index contributed by atoms with van der Waals surface area (Å²) < 4.78 is 1.00. The first-order chi connectivity index (χ1) is 11.0. The maximum atomic E-state index is 12.6. The van der Waals surface area contributed by atoms with Crippen LogP contribution in [0.1, 0.15) is 15.9 Å². The number of fused-ring (bicyclic) bond motifs is 1. The Morgan fingerprint density at radius 2 is 2.00 bits per heavy atom. The van der Waals surface area contributed by atoms with E-state index in [0.29, 0.717) is 16.3 Å². The number of hydrogen-bond donors (Lipinski definition) is 0. The van der Waals surface area contributed by atoms with Gasteiger partial charge >= 0.3 is 0 Å². The van der Waals surface area contributed by atoms with Gasteiger partial charge in [-0.2, -0.15) is 0 Å². The summed E-state index contributed by atoms with van der Waals surface area (Å²) in [5.74, 6) is -0.248. The molecule has 0 N–H and O–H groups in total. The van der Waals surface area contributed by atoms with Crippen molar-refractivity contribution in [3.8, 4) is 0 Å². The maximum absolute atomic E-state index is 12.6. The van der Waals surface area contributed by atoms with Gasteiger partial charge in [-0.05, 0) is 31.2 Å². The van der Waals surface area contributed by atoms with E-state index in [2.05, 4.69) is 4.98 Å². The fourth-order valence-corrected chi connectivity index (χ4v) is 3.20. The molecule has 0 fully saturated rings. The normalized spacial score (nSPS) is 10.7. The second-order valence-corrected chi connectivity index (χ2v) is 6.10. The number of nitro groups is 1. The van der Waals surface area contributed by atoms with E-state index < -0.39 is 4.92 Å². The highest BCUT2D eigenvalue weighted by molar-refractivity contribution is 7.22. The van der Waals surface area contributed by atoms with Gasteiger partial charge in [-0.25, -0.2) is 4.98 Å². The average Bonchev–Trinajstić information content (AvgIpc) is 2.97. The van der Waals surface area contributed by atoms with Crippen LogP contribution in [0.15, 0.2) is 42.5 Å². The van der Waals surface area contributed by atoms with Gasteiger partial charge in [-0.1, -0.05) is 23.5 Å². The maximum Gasteiger partial charge on any atom is 0.272 e. The molecule has 1 aromatic heterocycles. The lowest BCUT2D eigenvalue weighted by Gasteiger charge is -2.13. The summed E-state index contributed by atoms with van der Waals surface area (Å²) in [5.41, 5.74) is 1.70. The lowest BCUT2D eigenvalue weighted by Crippen LogP contribution is -2.26. The van der Waals surface area contributed by atoms with Crippen molar-refractivity contribution in [2.24, 2.45) is 0 Å². The Balaban J connectivity index is 1.93. The van der Waals surface area contributed by atoms with Crippen LogP contribution in [0.5, 0.6) is 0 Å². The number of thiazole rings is 1. The van der Waals surface area contributed by atoms with E-state index in [1.807, 2.05) is 24.3 Å². The Kier molecular flexibility index (Phi) is 3.79. The quantitative estimate of drug-likeness (QED) is 0.542. The first-order valence-corrected chi connectivity index (χ1v) is 7.67. The number of hydrogen-bond acceptors (Lipinski definition) is 5. The zero-order valence-electron chi connectivity index (χ0n) is 12.5. The highest BCUT2D eigenvalue weighted by atomic mass is 32.1. The summed E-state index contributed by atoms with van der Waals surface area (Å²) in [4.78, 5) is 28.9. The van der Waals surface area contributed by atoms with E-state index in [9.17, 15) is 14.9 Å². The minimum Gasteiger partial charge on any atom is -0.287 e. The predicted octanol–water partition coefficient (Wildman–Crippen LogP) is 3.79. The SMILES string of the molecule is Cc1cc(C(=O)N(C)c2nc3ccccc3s2)ccc1[N+](=O)[O-]. The van der Waals surface area contributed by atoms with Crippen LogP contribution >= 0.6 is 11.3 Å². The third-order valence-corrected chi connectivity index (χ3v) is 4.63. The van der Waals surface area contributed by atoms with Crippen molar-refractivity contribution in [2.75, 3.05) is 11.9 Å². The van der Waals surface area contributed by atoms with E-state index in [-0.39, 0.29) is 11.6 Å². The molecular formula is C16H13N3O3S. The Labute approximate surface area is 136 Å². The van der Waals surface area contributed by atoms with Crippen molar-refractivity contribution in [3.05, 3.63) is 63.7 Å². The van der Waals surface area contributed by atoms with Crippen molar-refractivity contribution >= 4 is 38.3 Å². The summed E-state index contributed by atoms with van der Waals surface area (Å²) >= 11 is 1.43. The number of aryl methyl sites for hydroxylation is 1. The molecule has 3 aromatic rings. The van der Waals surface area contributed by atoms with Crippen molar-refractivity contribution in [1.29, 1.82) is 0 Å². The van der Waals surface area contributed by atoms with Crippen LogP contribution in [-0.2, 0) is 0 Å². The van der Waals surface area contributed by atoms with Crippen LogP contribution in [0.3, 0.4) is 0 Å². The van der Waals surface area contributed by atoms with Gasteiger partial charge in [0.2, 0.25) is 0 Å². The molecule has 0 aliphatic rings. The minimum atomic E-state index is -0.457. The molecule has 6 nitrogen and oxygen atoms in total. The van der Waals surface area contributed by atoms with Crippen molar-refractivity contribution in [1.82, 2.24) is 4.98 Å². The largest absolute Gasteiger partial charge is 0.287 e. The molecule has 23 heavy (non-hydrogen) atoms. The van der Waals surface area contributed by atoms with Crippen LogP contribution in [-0.4, -0.2) is 22.9 Å². The van der Waals surface area contributed by atoms with Gasteiger partial charge in [0, 0.05) is 24.2 Å². The van der Waals surface area contributed by atoms with Crippen molar-refractivity contribution < 1.29 is 9.72 Å². The van der Waals surface area contributed by atoms with Gasteiger partial charge in [0.15, 0.2) is 5.13 Å². The topological polar surface area (TPSA) is 76.3 Å². The lowest BCUT2D eigenvalue weighted by molar-refractivity contribution is -0.385. The zero-order valence-corrected chi connectivity index (χ0v) is 13.3. The third kappa shape index (κ3) is 2.78. The van der Waals surface area contributed by atoms with Gasteiger partial charge in [0.05, 0.1) is 15.1 Å². The van der Waals surface area contributed by atoms with Crippen LogP contribution in [0.2, 0.25) is 0 Å². The van der Waals surface area contributed by atoms with Crippen LogP contribution < -0.4 is 4.90 Å². The number of benzene rings is 2. The van der Waals surface area contributed by atoms with Crippen molar-refractivity contribution in [3.63, 3.8) is 0 Å². The summed E-state index contributed by atoms with van der Waals surface area (Å²) in [6, 6.07) is 12.0. The van der Waals surface area contributed by atoms with Gasteiger partial charge in [0.25, 0.3) is 11.6 Å². The van der Waals surface area contributed by atoms with Crippen LogP contribution in [0.4, 0.5) is 10.8 Å². The predicted molar refractivity (Wildman–Crippen MR) is 90.2 cm³/mol. The number of amides is 1. The standard InChI is InChI=1S/C16H13N3O3S/c1-10-9-11(7-8-13(10)19(21)22)15(20)18(2)16-17-12-5-3-4-6-14(12)23-16/h3-9H,1-2H3. The molecule has 116 valence electrons. The molecule has 0 aliphatic heterocycles. The number of carbonyl (C=O) groups excluding carboxylic acids is 1. The monoisotopic (exact) mass is 327 g/mol. The second-order valence-electron chi connectivity index (χ2n) is 5.09. The molecule has 0 saturated heterocycles. The number of anilines is 1. The highest BCUT2D eigenvalue weighted by Gasteiger charge is 2.19. The van der Waals surface area contributed by atoms with E-state index in [1.165, 1.54) is 34.4 Å². The summed E-state index contributed by atoms with van der Waals surface area (Å²) in [5, 5.41) is 11.4. The molecule has 0 aliphatic carbocycles. The molecular weight excluding hydrogens is 314 g/mol. The fourth-order valence-electron chi connectivity index (χ4n) is 2.28. The Hall–Kier alpha value is -2.80. The summed E-state index contributed by atoms with van der Waals surface area (Å²) in [6.07, 6.45) is 0. The van der Waals surface area contributed by atoms with Gasteiger partial charge in [-0.15, -0.1) is 0 Å². The van der Waals surface area contributed by atoms with Crippen LogP contribution in [0.25, 0.3) is 10.2 Å². The van der Waals surface area contributed by atoms with Gasteiger partial charge < -0.3 is 0 Å². The molecule has 0 spiro atoms. The Morgan fingerprint density at radius 1 is 1.26 bits per heavy atom. The first-order valence-electron chi connectivity index (χ1n) is 6.86. The molecule has 0 atom stereocenters. The molecule has 3 rings (SSSR count). The number of aromatic nitrogens is 1. The van der Waals surface area contributed by atoms with E-state index >= 15 is 0 Å². The number of carbonyl (C=O) groups is 1. The van der Waals surface area contributed by atoms with Crippen LogP contribution in [0, 0.1) is 17.0 Å². The molecule has 0 radical (unpaired) electrons. The molecule has 2 aromatic carbocycles. The van der Waals surface area contributed by atoms with E-state index in [0.717, 1.165) is 10.2 Å². The first kappa shape index (κ1) is 15.1. The van der Waals surface area contributed by atoms with Gasteiger partial charge in [0.1, 0.15) is 0 Å². The van der Waals surface area contributed by atoms with E-state index in [4.69, 9.17) is 0 Å². The second kappa shape index (κ2) is 5.77. The smallest absolute Gasteiger partial charge is 0.272 e. The highest BCUT2D eigenvalue weighted by Crippen LogP contribution is 2.29. The summed E-state index contributed by atoms with van der Waals surface area (Å²) in [7, 11) is 1.65. The molecule has 0 unspecified atom stereocenters. The third-order valence-electron chi connectivity index (χ3n) is 3.51. The summed E-state index contributed by atoms with van der Waals surface area (Å²) in [6.45, 7) is 1.62. The molecule has 1 amide bonds. The zero-order chi connectivity index (χ0) is 16.6. The number of para-hydroxylation sites is 1. The molecule has 0 bridgehead atoms. The fraction of sp³-hybridized carbons (Fsp3) is 0.125. The minimum absolute atomic E-state index is 0.00388. The number of nitrogens with zero attached hydrogens (tertiary/aromatic N) is 3. The van der Waals surface area contributed by atoms with Crippen molar-refractivity contribution in [2.45, 2.75) is 6.92 Å². The Morgan fingerprint density at radius 3 is 2.65 bits per heavy atom. The molecule has 1 heterocycles. The average molecular weight is 327 g/mol. The van der Waals surface area contributed by atoms with Gasteiger partial charge in [-0.3, -0.25) is 19.8 Å². The molecule has 7 heteroatoms. The lowest BCUT2D eigenvalue weighted by atomic mass is 10.1.